The molecule has 0 radical (unpaired) electrons. The number of aromatic nitrogens is 1. The van der Waals surface area contributed by atoms with Crippen LogP contribution in [0.25, 0.3) is 53.0 Å². The van der Waals surface area contributed by atoms with Gasteiger partial charge in [-0.05, 0) is 80.8 Å². The molecule has 6 aromatic rings. The smallest absolute Gasteiger partial charge is 0.0880 e. The lowest BCUT2D eigenvalue weighted by Gasteiger charge is -2.22. The number of rotatable bonds is 3. The first-order valence-corrected chi connectivity index (χ1v) is 13.4. The molecule has 0 unspecified atom stereocenters. The fourth-order valence-corrected chi connectivity index (χ4v) is 6.66. The summed E-state index contributed by atoms with van der Waals surface area (Å²) in [5.74, 6) is 0.638. The summed E-state index contributed by atoms with van der Waals surface area (Å²) in [5, 5.41) is 7.95. The molecule has 0 aliphatic rings. The zero-order chi connectivity index (χ0) is 24.3. The molecule has 4 aromatic carbocycles. The number of benzene rings is 4. The lowest BCUT2D eigenvalue weighted by atomic mass is 9.82. The summed E-state index contributed by atoms with van der Waals surface area (Å²) in [5.41, 5.74) is 5.16. The Hall–Kier alpha value is -3.23. The van der Waals surface area contributed by atoms with E-state index in [9.17, 15) is 0 Å². The monoisotopic (exact) mass is 473 g/mol. The summed E-state index contributed by atoms with van der Waals surface area (Å²) < 4.78 is 2.62. The van der Waals surface area contributed by atoms with Gasteiger partial charge in [0.15, 0.2) is 0 Å². The third-order valence-corrected chi connectivity index (χ3v) is 8.22. The van der Waals surface area contributed by atoms with E-state index in [0.29, 0.717) is 5.92 Å². The average molecular weight is 474 g/mol. The molecule has 174 valence electrons. The molecule has 35 heavy (non-hydrogen) atoms. The van der Waals surface area contributed by atoms with Crippen LogP contribution in [0.2, 0.25) is 0 Å². The summed E-state index contributed by atoms with van der Waals surface area (Å²) in [6.07, 6.45) is 3.09. The van der Waals surface area contributed by atoms with Crippen LogP contribution < -0.4 is 0 Å². The highest BCUT2D eigenvalue weighted by atomic mass is 32.1. The van der Waals surface area contributed by atoms with Gasteiger partial charge in [0.25, 0.3) is 0 Å². The third kappa shape index (κ3) is 3.81. The summed E-state index contributed by atoms with van der Waals surface area (Å²) >= 11 is 1.88. The standard InChI is InChI=1S/C33H31NS/c1-20(2)15-21-10-8-11-23-17-28-26-13-14-34-31(32(26)35-30(28)19-27(21)23)24-16-22-9-6-7-12-25(22)29(18-24)33(3,4)5/h6-14,16-20H,15H2,1-5H3. The van der Waals surface area contributed by atoms with Crippen molar-refractivity contribution in [3.05, 3.63) is 90.1 Å². The maximum Gasteiger partial charge on any atom is 0.0880 e. The van der Waals surface area contributed by atoms with E-state index in [2.05, 4.69) is 107 Å². The van der Waals surface area contributed by atoms with Gasteiger partial charge in [-0.25, -0.2) is 0 Å². The Bertz CT molecular complexity index is 1730. The maximum atomic E-state index is 4.94. The van der Waals surface area contributed by atoms with E-state index in [-0.39, 0.29) is 5.41 Å². The fourth-order valence-electron chi connectivity index (χ4n) is 5.43. The minimum Gasteiger partial charge on any atom is -0.255 e. The number of pyridine rings is 1. The second kappa shape index (κ2) is 8.17. The molecule has 0 amide bonds. The first kappa shape index (κ1) is 22.2. The predicted octanol–water partition coefficient (Wildman–Crippen LogP) is 9.92. The van der Waals surface area contributed by atoms with Crippen LogP contribution in [-0.4, -0.2) is 4.98 Å². The lowest BCUT2D eigenvalue weighted by Crippen LogP contribution is -2.12. The van der Waals surface area contributed by atoms with E-state index in [1.165, 1.54) is 58.4 Å². The van der Waals surface area contributed by atoms with Crippen LogP contribution in [0.5, 0.6) is 0 Å². The molecule has 2 aromatic heterocycles. The van der Waals surface area contributed by atoms with Crippen LogP contribution in [0.1, 0.15) is 45.7 Å². The molecule has 0 aliphatic heterocycles. The van der Waals surface area contributed by atoms with Crippen molar-refractivity contribution in [2.45, 2.75) is 46.5 Å². The molecule has 1 nitrogen and oxygen atoms in total. The highest BCUT2D eigenvalue weighted by Gasteiger charge is 2.20. The van der Waals surface area contributed by atoms with Crippen molar-refractivity contribution < 1.29 is 0 Å². The Balaban J connectivity index is 1.63. The van der Waals surface area contributed by atoms with Gasteiger partial charge in [0, 0.05) is 27.2 Å². The molecule has 6 rings (SSSR count). The molecule has 0 N–H and O–H groups in total. The van der Waals surface area contributed by atoms with Gasteiger partial charge in [-0.3, -0.25) is 4.98 Å². The minimum atomic E-state index is 0.0498. The predicted molar refractivity (Wildman–Crippen MR) is 155 cm³/mol. The Morgan fingerprint density at radius 1 is 0.771 bits per heavy atom. The molecule has 0 saturated heterocycles. The van der Waals surface area contributed by atoms with Gasteiger partial charge in [0.2, 0.25) is 0 Å². The Morgan fingerprint density at radius 2 is 1.54 bits per heavy atom. The molecule has 0 bridgehead atoms. The van der Waals surface area contributed by atoms with Crippen LogP contribution in [0.4, 0.5) is 0 Å². The van der Waals surface area contributed by atoms with Crippen molar-refractivity contribution in [1.29, 1.82) is 0 Å². The Morgan fingerprint density at radius 3 is 2.34 bits per heavy atom. The van der Waals surface area contributed by atoms with Crippen molar-refractivity contribution in [3.63, 3.8) is 0 Å². The average Bonchev–Trinajstić information content (AvgIpc) is 3.19. The van der Waals surface area contributed by atoms with Crippen molar-refractivity contribution in [1.82, 2.24) is 4.98 Å². The van der Waals surface area contributed by atoms with Gasteiger partial charge in [-0.1, -0.05) is 77.1 Å². The minimum absolute atomic E-state index is 0.0498. The summed E-state index contributed by atoms with van der Waals surface area (Å²) in [4.78, 5) is 4.94. The van der Waals surface area contributed by atoms with E-state index >= 15 is 0 Å². The first-order chi connectivity index (χ1) is 16.8. The van der Waals surface area contributed by atoms with Crippen molar-refractivity contribution in [3.8, 4) is 11.3 Å². The van der Waals surface area contributed by atoms with Crippen LogP contribution in [0.3, 0.4) is 0 Å². The number of fused-ring (bicyclic) bond motifs is 5. The molecular weight excluding hydrogens is 442 g/mol. The topological polar surface area (TPSA) is 12.9 Å². The van der Waals surface area contributed by atoms with Crippen molar-refractivity contribution >= 4 is 53.1 Å². The van der Waals surface area contributed by atoms with E-state index in [1.807, 2.05) is 17.5 Å². The summed E-state index contributed by atoms with van der Waals surface area (Å²) in [7, 11) is 0. The SMILES string of the molecule is CC(C)Cc1cccc2cc3c(cc12)sc1c(-c2cc(C(C)(C)C)c4ccccc4c2)nccc13. The zero-order valence-corrected chi connectivity index (χ0v) is 22.0. The van der Waals surface area contributed by atoms with E-state index < -0.39 is 0 Å². The van der Waals surface area contributed by atoms with Gasteiger partial charge in [-0.15, -0.1) is 11.3 Å². The maximum absolute atomic E-state index is 4.94. The van der Waals surface area contributed by atoms with E-state index in [4.69, 9.17) is 4.98 Å². The van der Waals surface area contributed by atoms with Gasteiger partial charge >= 0.3 is 0 Å². The second-order valence-corrected chi connectivity index (χ2v) is 12.3. The molecular formula is C33H31NS. The number of hydrogen-bond acceptors (Lipinski definition) is 2. The van der Waals surface area contributed by atoms with E-state index in [1.54, 1.807) is 0 Å². The number of thiophene rings is 1. The second-order valence-electron chi connectivity index (χ2n) is 11.2. The number of nitrogens with zero attached hydrogens (tertiary/aromatic N) is 1. The van der Waals surface area contributed by atoms with Gasteiger partial charge in [-0.2, -0.15) is 0 Å². The Labute approximate surface area is 211 Å². The normalized spacial score (nSPS) is 12.5. The summed E-state index contributed by atoms with van der Waals surface area (Å²) in [6, 6.07) is 27.2. The fraction of sp³-hybridized carbons (Fsp3) is 0.242. The molecule has 0 spiro atoms. The van der Waals surface area contributed by atoms with Gasteiger partial charge in [0.1, 0.15) is 0 Å². The molecule has 0 atom stereocenters. The molecule has 2 heterocycles. The van der Waals surface area contributed by atoms with E-state index in [0.717, 1.165) is 12.1 Å². The largest absolute Gasteiger partial charge is 0.255 e. The quantitative estimate of drug-likeness (QED) is 0.249. The van der Waals surface area contributed by atoms with Crippen LogP contribution >= 0.6 is 11.3 Å². The van der Waals surface area contributed by atoms with Crippen molar-refractivity contribution in [2.75, 3.05) is 0 Å². The number of hydrogen-bond donors (Lipinski definition) is 0. The molecule has 0 aliphatic carbocycles. The molecule has 0 saturated carbocycles. The van der Waals surface area contributed by atoms with Crippen LogP contribution in [0.15, 0.2) is 79.0 Å². The molecule has 0 fully saturated rings. The van der Waals surface area contributed by atoms with Crippen LogP contribution in [0, 0.1) is 5.92 Å². The Kier molecular flexibility index (Phi) is 5.19. The summed E-state index contributed by atoms with van der Waals surface area (Å²) in [6.45, 7) is 11.5. The first-order valence-electron chi connectivity index (χ1n) is 12.6. The van der Waals surface area contributed by atoms with Gasteiger partial charge < -0.3 is 0 Å². The van der Waals surface area contributed by atoms with Crippen molar-refractivity contribution in [2.24, 2.45) is 5.92 Å². The highest BCUT2D eigenvalue weighted by Crippen LogP contribution is 2.42. The van der Waals surface area contributed by atoms with Crippen LogP contribution in [-0.2, 0) is 11.8 Å². The van der Waals surface area contributed by atoms with Gasteiger partial charge in [0.05, 0.1) is 10.4 Å². The lowest BCUT2D eigenvalue weighted by molar-refractivity contribution is 0.596. The third-order valence-electron chi connectivity index (χ3n) is 7.05. The highest BCUT2D eigenvalue weighted by molar-refractivity contribution is 7.26. The molecule has 2 heteroatoms. The zero-order valence-electron chi connectivity index (χ0n) is 21.1.